The number of thiocarbonyl (C=S) groups is 1. The van der Waals surface area contributed by atoms with E-state index in [0.29, 0.717) is 21.9 Å². The summed E-state index contributed by atoms with van der Waals surface area (Å²) in [6, 6.07) is 0. The van der Waals surface area contributed by atoms with E-state index in [9.17, 15) is 0 Å². The van der Waals surface area contributed by atoms with E-state index < -0.39 is 0 Å². The van der Waals surface area contributed by atoms with Crippen LogP contribution >= 0.6 is 12.2 Å². The van der Waals surface area contributed by atoms with E-state index in [1.54, 1.807) is 12.4 Å². The summed E-state index contributed by atoms with van der Waals surface area (Å²) in [5.74, 6) is 0.705. The van der Waals surface area contributed by atoms with E-state index in [2.05, 4.69) is 22.2 Å². The van der Waals surface area contributed by atoms with Gasteiger partial charge in [-0.2, -0.15) is 0 Å². The first kappa shape index (κ1) is 13.2. The molecule has 1 aliphatic rings. The SMILES string of the molecule is CC1(CNc2nccnc2C(N)=S)CCCCC1. The highest BCUT2D eigenvalue weighted by atomic mass is 32.1. The Balaban J connectivity index is 2.03. The van der Waals surface area contributed by atoms with Crippen molar-refractivity contribution in [3.63, 3.8) is 0 Å². The second kappa shape index (κ2) is 5.61. The number of nitrogens with zero attached hydrogens (tertiary/aromatic N) is 2. The molecular formula is C13H20N4S. The number of hydrogen-bond donors (Lipinski definition) is 2. The maximum Gasteiger partial charge on any atom is 0.155 e. The third kappa shape index (κ3) is 3.16. The Morgan fingerprint density at radius 1 is 1.33 bits per heavy atom. The second-order valence-electron chi connectivity index (χ2n) is 5.34. The van der Waals surface area contributed by atoms with Gasteiger partial charge in [-0.1, -0.05) is 38.4 Å². The molecule has 1 heterocycles. The highest BCUT2D eigenvalue weighted by Crippen LogP contribution is 2.35. The van der Waals surface area contributed by atoms with Crippen LogP contribution in [0.1, 0.15) is 44.7 Å². The lowest BCUT2D eigenvalue weighted by Gasteiger charge is -2.33. The molecule has 0 unspecified atom stereocenters. The number of nitrogens with one attached hydrogen (secondary N) is 1. The van der Waals surface area contributed by atoms with E-state index in [-0.39, 0.29) is 0 Å². The Kier molecular flexibility index (Phi) is 4.11. The third-order valence-electron chi connectivity index (χ3n) is 3.67. The van der Waals surface area contributed by atoms with Crippen molar-refractivity contribution in [1.82, 2.24) is 9.97 Å². The molecule has 0 radical (unpaired) electrons. The molecule has 0 atom stereocenters. The predicted octanol–water partition coefficient (Wildman–Crippen LogP) is 2.49. The van der Waals surface area contributed by atoms with Gasteiger partial charge < -0.3 is 11.1 Å². The van der Waals surface area contributed by atoms with Crippen molar-refractivity contribution in [3.8, 4) is 0 Å². The summed E-state index contributed by atoms with van der Waals surface area (Å²) in [6.45, 7) is 3.23. The first-order valence-corrected chi connectivity index (χ1v) is 6.86. The molecule has 18 heavy (non-hydrogen) atoms. The Labute approximate surface area is 113 Å². The van der Waals surface area contributed by atoms with Gasteiger partial charge in [-0.25, -0.2) is 9.97 Å². The highest BCUT2D eigenvalue weighted by Gasteiger charge is 2.26. The van der Waals surface area contributed by atoms with Crippen molar-refractivity contribution >= 4 is 23.0 Å². The quantitative estimate of drug-likeness (QED) is 0.818. The van der Waals surface area contributed by atoms with E-state index in [4.69, 9.17) is 18.0 Å². The molecule has 2 rings (SSSR count). The minimum absolute atomic E-state index is 0.291. The zero-order valence-electron chi connectivity index (χ0n) is 10.8. The molecule has 0 aromatic carbocycles. The third-order valence-corrected chi connectivity index (χ3v) is 3.87. The van der Waals surface area contributed by atoms with Crippen LogP contribution in [0.15, 0.2) is 12.4 Å². The predicted molar refractivity (Wildman–Crippen MR) is 77.6 cm³/mol. The maximum absolute atomic E-state index is 5.65. The standard InChI is InChI=1S/C13H20N4S/c1-13(5-3-2-4-6-13)9-17-12-10(11(14)18)15-7-8-16-12/h7-8H,2-6,9H2,1H3,(H2,14,18)(H,16,17). The molecule has 1 aromatic heterocycles. The molecule has 0 amide bonds. The van der Waals surface area contributed by atoms with Crippen LogP contribution in [0.25, 0.3) is 0 Å². The Bertz CT molecular complexity index is 427. The summed E-state index contributed by atoms with van der Waals surface area (Å²) in [7, 11) is 0. The van der Waals surface area contributed by atoms with E-state index >= 15 is 0 Å². The van der Waals surface area contributed by atoms with Crippen molar-refractivity contribution in [2.45, 2.75) is 39.0 Å². The van der Waals surface area contributed by atoms with Crippen LogP contribution in [0, 0.1) is 5.41 Å². The molecule has 4 nitrogen and oxygen atoms in total. The van der Waals surface area contributed by atoms with Crippen molar-refractivity contribution in [1.29, 1.82) is 0 Å². The fourth-order valence-corrected chi connectivity index (χ4v) is 2.68. The molecule has 1 saturated carbocycles. The zero-order chi connectivity index (χ0) is 13.0. The van der Waals surface area contributed by atoms with Crippen LogP contribution in [0.2, 0.25) is 0 Å². The second-order valence-corrected chi connectivity index (χ2v) is 5.78. The number of aromatic nitrogens is 2. The fraction of sp³-hybridized carbons (Fsp3) is 0.615. The van der Waals surface area contributed by atoms with E-state index in [1.165, 1.54) is 32.1 Å². The average molecular weight is 264 g/mol. The van der Waals surface area contributed by atoms with Gasteiger partial charge in [-0.3, -0.25) is 0 Å². The highest BCUT2D eigenvalue weighted by molar-refractivity contribution is 7.80. The molecule has 1 aliphatic carbocycles. The van der Waals surface area contributed by atoms with Gasteiger partial charge in [0.05, 0.1) is 0 Å². The Morgan fingerprint density at radius 2 is 2.00 bits per heavy atom. The number of anilines is 1. The average Bonchev–Trinajstić information content (AvgIpc) is 2.38. The largest absolute Gasteiger partial charge is 0.388 e. The van der Waals surface area contributed by atoms with Crippen LogP contribution in [0.5, 0.6) is 0 Å². The van der Waals surface area contributed by atoms with Crippen molar-refractivity contribution < 1.29 is 0 Å². The van der Waals surface area contributed by atoms with Gasteiger partial charge in [0.2, 0.25) is 0 Å². The minimum Gasteiger partial charge on any atom is -0.388 e. The summed E-state index contributed by atoms with van der Waals surface area (Å²) >= 11 is 4.98. The summed E-state index contributed by atoms with van der Waals surface area (Å²) in [5.41, 5.74) is 6.59. The normalized spacial score (nSPS) is 18.3. The van der Waals surface area contributed by atoms with Crippen molar-refractivity contribution in [2.75, 3.05) is 11.9 Å². The Morgan fingerprint density at radius 3 is 2.67 bits per heavy atom. The van der Waals surface area contributed by atoms with E-state index in [0.717, 1.165) is 6.54 Å². The summed E-state index contributed by atoms with van der Waals surface area (Å²) < 4.78 is 0. The Hall–Kier alpha value is -1.23. The lowest BCUT2D eigenvalue weighted by molar-refractivity contribution is 0.233. The number of nitrogens with two attached hydrogens (primary N) is 1. The molecule has 5 heteroatoms. The molecule has 3 N–H and O–H groups in total. The molecule has 98 valence electrons. The first-order chi connectivity index (χ1) is 8.61. The molecule has 0 spiro atoms. The summed E-state index contributed by atoms with van der Waals surface area (Å²) in [4.78, 5) is 8.74. The van der Waals surface area contributed by atoms with Crippen LogP contribution in [0.3, 0.4) is 0 Å². The van der Waals surface area contributed by atoms with Gasteiger partial charge in [0, 0.05) is 18.9 Å². The molecule has 0 bridgehead atoms. The number of rotatable bonds is 4. The zero-order valence-corrected chi connectivity index (χ0v) is 11.6. The number of hydrogen-bond acceptors (Lipinski definition) is 4. The summed E-state index contributed by atoms with van der Waals surface area (Å²) in [5, 5.41) is 3.36. The molecular weight excluding hydrogens is 244 g/mol. The van der Waals surface area contributed by atoms with E-state index in [1.807, 2.05) is 0 Å². The monoisotopic (exact) mass is 264 g/mol. The lowest BCUT2D eigenvalue weighted by Crippen LogP contribution is -2.30. The first-order valence-electron chi connectivity index (χ1n) is 6.45. The summed E-state index contributed by atoms with van der Waals surface area (Å²) in [6.07, 6.45) is 9.81. The van der Waals surface area contributed by atoms with Crippen LogP contribution < -0.4 is 11.1 Å². The van der Waals surface area contributed by atoms with Gasteiger partial charge in [-0.15, -0.1) is 0 Å². The van der Waals surface area contributed by atoms with Gasteiger partial charge in [0.1, 0.15) is 10.7 Å². The van der Waals surface area contributed by atoms with Gasteiger partial charge >= 0.3 is 0 Å². The smallest absolute Gasteiger partial charge is 0.155 e. The minimum atomic E-state index is 0.291. The topological polar surface area (TPSA) is 63.8 Å². The lowest BCUT2D eigenvalue weighted by atomic mass is 9.76. The van der Waals surface area contributed by atoms with Crippen LogP contribution in [0.4, 0.5) is 5.82 Å². The molecule has 1 fully saturated rings. The van der Waals surface area contributed by atoms with Crippen molar-refractivity contribution in [3.05, 3.63) is 18.1 Å². The molecule has 0 aliphatic heterocycles. The van der Waals surface area contributed by atoms with Crippen LogP contribution in [-0.2, 0) is 0 Å². The molecule has 0 saturated heterocycles. The fourth-order valence-electron chi connectivity index (χ4n) is 2.53. The maximum atomic E-state index is 5.65. The molecule has 1 aromatic rings. The van der Waals surface area contributed by atoms with Gasteiger partial charge in [0.15, 0.2) is 5.82 Å². The van der Waals surface area contributed by atoms with Crippen molar-refractivity contribution in [2.24, 2.45) is 11.1 Å². The van der Waals surface area contributed by atoms with Gasteiger partial charge in [0.25, 0.3) is 0 Å². The van der Waals surface area contributed by atoms with Crippen LogP contribution in [-0.4, -0.2) is 21.5 Å². The van der Waals surface area contributed by atoms with Gasteiger partial charge in [-0.05, 0) is 18.3 Å².